The molecule has 0 aromatic heterocycles. The molecule has 0 N–H and O–H groups in total. The van der Waals surface area contributed by atoms with E-state index < -0.39 is 6.17 Å². The summed E-state index contributed by atoms with van der Waals surface area (Å²) in [5, 5.41) is 0. The van der Waals surface area contributed by atoms with E-state index >= 15 is 0 Å². The third kappa shape index (κ3) is 6.69. The number of anilines is 1. The molecule has 1 unspecified atom stereocenters. The first-order chi connectivity index (χ1) is 18.5. The first kappa shape index (κ1) is 27.6. The van der Waals surface area contributed by atoms with Gasteiger partial charge in [0, 0.05) is 37.6 Å². The number of rotatable bonds is 10. The van der Waals surface area contributed by atoms with Crippen molar-refractivity contribution >= 4 is 29.2 Å². The Hall–Kier alpha value is -3.48. The zero-order chi connectivity index (χ0) is 26.9. The Kier molecular flexibility index (Phi) is 9.68. The SMILES string of the molecule is CCOC(=O)CCCN(C(=O)CCC1CCCCC1)C1N=C(c2ccccc2)c2ccccc2N(C)C1=O. The average molecular weight is 518 g/mol. The molecule has 1 aliphatic carbocycles. The van der Waals surface area contributed by atoms with E-state index in [1.165, 1.54) is 19.3 Å². The van der Waals surface area contributed by atoms with E-state index in [0.717, 1.165) is 36.1 Å². The fourth-order valence-corrected chi connectivity index (χ4v) is 5.49. The summed E-state index contributed by atoms with van der Waals surface area (Å²) in [6.45, 7) is 2.35. The number of amides is 2. The van der Waals surface area contributed by atoms with Gasteiger partial charge in [0.2, 0.25) is 12.1 Å². The van der Waals surface area contributed by atoms with Crippen LogP contribution < -0.4 is 4.90 Å². The first-order valence-electron chi connectivity index (χ1n) is 13.9. The predicted octanol–water partition coefficient (Wildman–Crippen LogP) is 5.36. The van der Waals surface area contributed by atoms with Crippen LogP contribution in [-0.4, -0.2) is 54.8 Å². The van der Waals surface area contributed by atoms with E-state index in [4.69, 9.17) is 9.73 Å². The van der Waals surface area contributed by atoms with Crippen LogP contribution in [0.4, 0.5) is 5.69 Å². The van der Waals surface area contributed by atoms with Crippen LogP contribution in [0.5, 0.6) is 0 Å². The maximum Gasteiger partial charge on any atom is 0.305 e. The van der Waals surface area contributed by atoms with Crippen LogP contribution >= 0.6 is 0 Å². The van der Waals surface area contributed by atoms with Gasteiger partial charge in [0.15, 0.2) is 0 Å². The van der Waals surface area contributed by atoms with Gasteiger partial charge in [-0.3, -0.25) is 14.4 Å². The molecular formula is C31H39N3O4. The van der Waals surface area contributed by atoms with E-state index in [1.54, 1.807) is 23.8 Å². The monoisotopic (exact) mass is 517 g/mol. The molecule has 1 saturated carbocycles. The van der Waals surface area contributed by atoms with Gasteiger partial charge >= 0.3 is 5.97 Å². The summed E-state index contributed by atoms with van der Waals surface area (Å²) in [6, 6.07) is 17.5. The van der Waals surface area contributed by atoms with Crippen molar-refractivity contribution in [3.05, 3.63) is 65.7 Å². The molecule has 0 radical (unpaired) electrons. The number of ether oxygens (including phenoxy) is 1. The summed E-state index contributed by atoms with van der Waals surface area (Å²) in [7, 11) is 1.74. The van der Waals surface area contributed by atoms with Crippen molar-refractivity contribution in [3.63, 3.8) is 0 Å². The highest BCUT2D eigenvalue weighted by molar-refractivity contribution is 6.20. The topological polar surface area (TPSA) is 79.3 Å². The molecular weight excluding hydrogens is 478 g/mol. The van der Waals surface area contributed by atoms with E-state index in [2.05, 4.69) is 0 Å². The summed E-state index contributed by atoms with van der Waals surface area (Å²) < 4.78 is 5.09. The number of benzene rings is 2. The third-order valence-corrected chi connectivity index (χ3v) is 7.56. The van der Waals surface area contributed by atoms with Gasteiger partial charge in [0.1, 0.15) is 0 Å². The van der Waals surface area contributed by atoms with Gasteiger partial charge in [0.05, 0.1) is 18.0 Å². The lowest BCUT2D eigenvalue weighted by Gasteiger charge is -2.31. The molecule has 1 heterocycles. The minimum absolute atomic E-state index is 0.0895. The van der Waals surface area contributed by atoms with E-state index in [-0.39, 0.29) is 30.7 Å². The molecule has 1 aliphatic heterocycles. The fourth-order valence-electron chi connectivity index (χ4n) is 5.49. The summed E-state index contributed by atoms with van der Waals surface area (Å²) in [4.78, 5) is 47.8. The number of para-hydroxylation sites is 1. The van der Waals surface area contributed by atoms with Crippen LogP contribution in [0.1, 0.15) is 75.8 Å². The molecule has 1 fully saturated rings. The summed E-state index contributed by atoms with van der Waals surface area (Å²) in [5.41, 5.74) is 3.16. The predicted molar refractivity (Wildman–Crippen MR) is 149 cm³/mol. The van der Waals surface area contributed by atoms with Crippen LogP contribution in [0, 0.1) is 5.92 Å². The number of hydrogen-bond donors (Lipinski definition) is 0. The molecule has 2 aromatic rings. The molecule has 0 saturated heterocycles. The second kappa shape index (κ2) is 13.4. The largest absolute Gasteiger partial charge is 0.466 e. The molecule has 7 nitrogen and oxygen atoms in total. The normalized spacial score (nSPS) is 17.8. The minimum atomic E-state index is -1.01. The number of esters is 1. The number of aliphatic imine (C=N–C) groups is 1. The maximum atomic E-state index is 13.9. The minimum Gasteiger partial charge on any atom is -0.466 e. The van der Waals surface area contributed by atoms with Crippen molar-refractivity contribution in [2.24, 2.45) is 10.9 Å². The maximum absolute atomic E-state index is 13.9. The van der Waals surface area contributed by atoms with Crippen LogP contribution in [-0.2, 0) is 19.1 Å². The molecule has 2 aromatic carbocycles. The number of carbonyl (C=O) groups excluding carboxylic acids is 3. The van der Waals surface area contributed by atoms with Gasteiger partial charge in [0.25, 0.3) is 5.91 Å². The van der Waals surface area contributed by atoms with E-state index in [9.17, 15) is 14.4 Å². The van der Waals surface area contributed by atoms with Crippen molar-refractivity contribution in [2.75, 3.05) is 25.1 Å². The van der Waals surface area contributed by atoms with Crippen molar-refractivity contribution in [2.45, 2.75) is 70.9 Å². The van der Waals surface area contributed by atoms with Crippen molar-refractivity contribution in [1.29, 1.82) is 0 Å². The number of fused-ring (bicyclic) bond motifs is 1. The molecule has 4 rings (SSSR count). The smallest absolute Gasteiger partial charge is 0.305 e. The van der Waals surface area contributed by atoms with Gasteiger partial charge in [-0.1, -0.05) is 80.6 Å². The van der Waals surface area contributed by atoms with E-state index in [1.807, 2.05) is 54.6 Å². The van der Waals surface area contributed by atoms with Gasteiger partial charge in [-0.25, -0.2) is 4.99 Å². The van der Waals surface area contributed by atoms with Crippen molar-refractivity contribution < 1.29 is 19.1 Å². The summed E-state index contributed by atoms with van der Waals surface area (Å²) >= 11 is 0. The van der Waals surface area contributed by atoms with Crippen LogP contribution in [0.3, 0.4) is 0 Å². The highest BCUT2D eigenvalue weighted by Gasteiger charge is 2.36. The van der Waals surface area contributed by atoms with Crippen molar-refractivity contribution in [1.82, 2.24) is 4.90 Å². The fraction of sp³-hybridized carbons (Fsp3) is 0.484. The molecule has 1 atom stereocenters. The van der Waals surface area contributed by atoms with Gasteiger partial charge in [-0.15, -0.1) is 0 Å². The molecule has 2 aliphatic rings. The number of carbonyl (C=O) groups is 3. The standard InChI is InChI=1S/C31H39N3O4/c1-3-38-28(36)19-12-22-34(27(35)21-20-23-13-6-4-7-14-23)30-31(37)33(2)26-18-11-10-17-25(26)29(32-30)24-15-8-5-9-16-24/h5,8-11,15-18,23,30H,3-4,6-7,12-14,19-22H2,1-2H3. The van der Waals surface area contributed by atoms with Gasteiger partial charge in [-0.05, 0) is 31.7 Å². The molecule has 0 bridgehead atoms. The Bertz CT molecular complexity index is 1140. The highest BCUT2D eigenvalue weighted by Crippen LogP contribution is 2.30. The number of nitrogens with zero attached hydrogens (tertiary/aromatic N) is 3. The third-order valence-electron chi connectivity index (χ3n) is 7.56. The number of hydrogen-bond acceptors (Lipinski definition) is 5. The highest BCUT2D eigenvalue weighted by atomic mass is 16.5. The molecule has 38 heavy (non-hydrogen) atoms. The molecule has 2 amide bonds. The van der Waals surface area contributed by atoms with Gasteiger partial charge < -0.3 is 14.5 Å². The lowest BCUT2D eigenvalue weighted by Crippen LogP contribution is -2.49. The van der Waals surface area contributed by atoms with Crippen LogP contribution in [0.25, 0.3) is 0 Å². The second-order valence-electron chi connectivity index (χ2n) is 10.2. The number of likely N-dealkylation sites (N-methyl/N-ethyl adjacent to an activating group) is 1. The van der Waals surface area contributed by atoms with Crippen LogP contribution in [0.2, 0.25) is 0 Å². The number of benzodiazepines with no additional fused rings is 1. The molecule has 0 spiro atoms. The summed E-state index contributed by atoms with van der Waals surface area (Å²) in [5.74, 6) is -0.0969. The Morgan fingerprint density at radius 3 is 2.45 bits per heavy atom. The average Bonchev–Trinajstić information content (AvgIpc) is 3.06. The quantitative estimate of drug-likeness (QED) is 0.398. The Morgan fingerprint density at radius 2 is 1.71 bits per heavy atom. The molecule has 202 valence electrons. The van der Waals surface area contributed by atoms with E-state index in [0.29, 0.717) is 31.1 Å². The Labute approximate surface area is 225 Å². The first-order valence-corrected chi connectivity index (χ1v) is 13.9. The molecule has 7 heteroatoms. The Balaban J connectivity index is 1.66. The zero-order valence-electron chi connectivity index (χ0n) is 22.6. The Morgan fingerprint density at radius 1 is 1.00 bits per heavy atom. The zero-order valence-corrected chi connectivity index (χ0v) is 22.6. The second-order valence-corrected chi connectivity index (χ2v) is 10.2. The summed E-state index contributed by atoms with van der Waals surface area (Å²) in [6.07, 6.45) is 6.80. The lowest BCUT2D eigenvalue weighted by molar-refractivity contribution is -0.144. The lowest BCUT2D eigenvalue weighted by atomic mass is 9.86. The van der Waals surface area contributed by atoms with Crippen LogP contribution in [0.15, 0.2) is 59.6 Å². The van der Waals surface area contributed by atoms with Crippen molar-refractivity contribution in [3.8, 4) is 0 Å². The van der Waals surface area contributed by atoms with Gasteiger partial charge in [-0.2, -0.15) is 0 Å².